The van der Waals surface area contributed by atoms with Crippen LogP contribution in [-0.4, -0.2) is 34.0 Å². The van der Waals surface area contributed by atoms with Crippen LogP contribution in [0.4, 0.5) is 10.8 Å². The van der Waals surface area contributed by atoms with Crippen LogP contribution in [0.15, 0.2) is 86.8 Å². The minimum absolute atomic E-state index is 0.607. The summed E-state index contributed by atoms with van der Waals surface area (Å²) < 4.78 is 1.12. The Hall–Kier alpha value is -3.56. The summed E-state index contributed by atoms with van der Waals surface area (Å²) in [4.78, 5) is 14.3. The fourth-order valence-electron chi connectivity index (χ4n) is 2.97. The number of hydrogen-bond acceptors (Lipinski definition) is 9. The van der Waals surface area contributed by atoms with Crippen molar-refractivity contribution in [1.29, 1.82) is 0 Å². The zero-order chi connectivity index (χ0) is 23.0. The van der Waals surface area contributed by atoms with Crippen molar-refractivity contribution >= 4 is 62.3 Å². The Bertz CT molecular complexity index is 1290. The first kappa shape index (κ1) is 22.6. The Morgan fingerprint density at radius 3 is 2.42 bits per heavy atom. The molecule has 2 N–H and O–H groups in total. The van der Waals surface area contributed by atoms with E-state index >= 15 is 0 Å². The van der Waals surface area contributed by atoms with Crippen LogP contribution >= 0.6 is 23.1 Å². The van der Waals surface area contributed by atoms with Gasteiger partial charge in [-0.25, -0.2) is 9.97 Å². The van der Waals surface area contributed by atoms with Crippen LogP contribution in [0.5, 0.6) is 0 Å². The van der Waals surface area contributed by atoms with E-state index in [1.165, 1.54) is 0 Å². The Kier molecular flexibility index (Phi) is 7.43. The number of para-hydroxylation sites is 2. The fraction of sp³-hybridized carbons (Fsp3) is 0.125. The molecular formula is C24H23N7S2. The van der Waals surface area contributed by atoms with Gasteiger partial charge in [-0.15, -0.1) is 11.8 Å². The molecule has 4 rings (SSSR count). The van der Waals surface area contributed by atoms with Crippen molar-refractivity contribution in [3.05, 3.63) is 78.1 Å². The van der Waals surface area contributed by atoms with Gasteiger partial charge in [0.2, 0.25) is 5.13 Å². The summed E-state index contributed by atoms with van der Waals surface area (Å²) in [6.45, 7) is 7.45. The molecule has 0 radical (unpaired) electrons. The van der Waals surface area contributed by atoms with Gasteiger partial charge in [0, 0.05) is 4.90 Å². The summed E-state index contributed by atoms with van der Waals surface area (Å²) >= 11 is 3.18. The lowest BCUT2D eigenvalue weighted by atomic mass is 10.2. The zero-order valence-electron chi connectivity index (χ0n) is 18.3. The molecule has 166 valence electrons. The lowest BCUT2D eigenvalue weighted by Crippen LogP contribution is -2.11. The number of hydrazone groups is 2. The highest BCUT2D eigenvalue weighted by molar-refractivity contribution is 7.99. The van der Waals surface area contributed by atoms with Crippen LogP contribution in [-0.2, 0) is 0 Å². The Morgan fingerprint density at radius 1 is 0.909 bits per heavy atom. The second kappa shape index (κ2) is 10.8. The molecule has 0 spiro atoms. The van der Waals surface area contributed by atoms with E-state index in [1.54, 1.807) is 23.1 Å². The number of nitrogens with one attached hydrogen (secondary N) is 2. The van der Waals surface area contributed by atoms with Gasteiger partial charge in [0.15, 0.2) is 0 Å². The average molecular weight is 474 g/mol. The minimum Gasteiger partial charge on any atom is -0.299 e. The van der Waals surface area contributed by atoms with Gasteiger partial charge < -0.3 is 0 Å². The predicted octanol–water partition coefficient (Wildman–Crippen LogP) is 5.92. The number of hydrogen-bond donors (Lipinski definition) is 2. The van der Waals surface area contributed by atoms with Gasteiger partial charge in [0.25, 0.3) is 0 Å². The maximum atomic E-state index is 4.70. The average Bonchev–Trinajstić information content (AvgIpc) is 3.28. The first-order valence-electron chi connectivity index (χ1n) is 10.2. The summed E-state index contributed by atoms with van der Waals surface area (Å²) in [6.07, 6.45) is 0. The standard InChI is InChI=1S/C24H23N7S2/c1-16(29-26-15-32-22-13-6-4-9-20(22)25-3)18-11-8-12-19(27-18)17(2)30-31-24-28-21-10-5-7-14-23(21)33-24/h4-14,26H,3,15H2,1-2H3,(H,28,31)/b29-16+,30-17-. The van der Waals surface area contributed by atoms with Crippen molar-refractivity contribution in [2.75, 3.05) is 11.3 Å². The SMILES string of the molecule is C=Nc1ccccc1SCN/N=C(\C)c1cccc(/C(C)=N\Nc2nc3ccccc3s2)n1. The summed E-state index contributed by atoms with van der Waals surface area (Å²) in [5.74, 6) is 0.607. The van der Waals surface area contributed by atoms with Crippen molar-refractivity contribution in [1.82, 2.24) is 15.4 Å². The third-order valence-electron chi connectivity index (χ3n) is 4.68. The Morgan fingerprint density at radius 2 is 1.64 bits per heavy atom. The molecule has 0 bridgehead atoms. The third-order valence-corrected chi connectivity index (χ3v) is 6.55. The molecule has 0 fully saturated rings. The van der Waals surface area contributed by atoms with Crippen LogP contribution in [0.1, 0.15) is 25.2 Å². The van der Waals surface area contributed by atoms with Crippen molar-refractivity contribution in [2.45, 2.75) is 18.7 Å². The number of pyridine rings is 1. The van der Waals surface area contributed by atoms with E-state index in [0.29, 0.717) is 5.88 Å². The van der Waals surface area contributed by atoms with Crippen LogP contribution in [0.2, 0.25) is 0 Å². The second-order valence-corrected chi connectivity index (χ2v) is 9.02. The number of nitrogens with zero attached hydrogens (tertiary/aromatic N) is 5. The third kappa shape index (κ3) is 5.82. The molecule has 0 aliphatic heterocycles. The molecule has 2 heterocycles. The Labute approximate surface area is 200 Å². The largest absolute Gasteiger partial charge is 0.299 e. The molecule has 9 heteroatoms. The molecule has 33 heavy (non-hydrogen) atoms. The lowest BCUT2D eigenvalue weighted by molar-refractivity contribution is 0.870. The summed E-state index contributed by atoms with van der Waals surface area (Å²) in [5.41, 5.74) is 11.1. The van der Waals surface area contributed by atoms with Crippen molar-refractivity contribution in [2.24, 2.45) is 15.2 Å². The maximum Gasteiger partial charge on any atom is 0.204 e. The fourth-order valence-corrected chi connectivity index (χ4v) is 4.52. The van der Waals surface area contributed by atoms with E-state index in [2.05, 4.69) is 37.7 Å². The summed E-state index contributed by atoms with van der Waals surface area (Å²) in [7, 11) is 0. The molecule has 7 nitrogen and oxygen atoms in total. The smallest absolute Gasteiger partial charge is 0.204 e. The first-order valence-corrected chi connectivity index (χ1v) is 12.0. The highest BCUT2D eigenvalue weighted by Crippen LogP contribution is 2.28. The molecule has 0 atom stereocenters. The van der Waals surface area contributed by atoms with Crippen molar-refractivity contribution < 1.29 is 0 Å². The van der Waals surface area contributed by atoms with Gasteiger partial charge >= 0.3 is 0 Å². The molecule has 0 amide bonds. The molecule has 0 unspecified atom stereocenters. The van der Waals surface area contributed by atoms with E-state index in [0.717, 1.165) is 48.7 Å². The molecule has 0 saturated heterocycles. The van der Waals surface area contributed by atoms with Crippen LogP contribution in [0.25, 0.3) is 10.2 Å². The Balaban J connectivity index is 1.38. The summed E-state index contributed by atoms with van der Waals surface area (Å²) in [5, 5.41) is 9.67. The maximum absolute atomic E-state index is 4.70. The van der Waals surface area contributed by atoms with E-state index in [4.69, 9.17) is 4.98 Å². The number of aromatic nitrogens is 2. The van der Waals surface area contributed by atoms with Crippen LogP contribution in [0.3, 0.4) is 0 Å². The topological polar surface area (TPSA) is 86.9 Å². The zero-order valence-corrected chi connectivity index (χ0v) is 20.0. The molecule has 4 aromatic rings. The number of thioether (sulfide) groups is 1. The lowest BCUT2D eigenvalue weighted by Gasteiger charge is -2.07. The summed E-state index contributed by atoms with van der Waals surface area (Å²) in [6, 6.07) is 21.7. The van der Waals surface area contributed by atoms with E-state index < -0.39 is 0 Å². The second-order valence-electron chi connectivity index (χ2n) is 6.97. The van der Waals surface area contributed by atoms with Gasteiger partial charge in [-0.1, -0.05) is 41.7 Å². The van der Waals surface area contributed by atoms with Crippen molar-refractivity contribution in [3.8, 4) is 0 Å². The van der Waals surface area contributed by atoms with E-state index in [9.17, 15) is 0 Å². The monoisotopic (exact) mass is 473 g/mol. The normalized spacial score (nSPS) is 12.1. The highest BCUT2D eigenvalue weighted by atomic mass is 32.2. The highest BCUT2D eigenvalue weighted by Gasteiger charge is 2.06. The molecule has 2 aromatic heterocycles. The van der Waals surface area contributed by atoms with E-state index in [1.807, 2.05) is 80.6 Å². The van der Waals surface area contributed by atoms with Gasteiger partial charge in [-0.2, -0.15) is 10.2 Å². The van der Waals surface area contributed by atoms with E-state index in [-0.39, 0.29) is 0 Å². The number of anilines is 1. The predicted molar refractivity (Wildman–Crippen MR) is 141 cm³/mol. The van der Waals surface area contributed by atoms with Crippen molar-refractivity contribution in [3.63, 3.8) is 0 Å². The molecule has 2 aromatic carbocycles. The van der Waals surface area contributed by atoms with Crippen LogP contribution < -0.4 is 10.9 Å². The van der Waals surface area contributed by atoms with Gasteiger partial charge in [0.05, 0.1) is 44.6 Å². The molecule has 0 saturated carbocycles. The molecule has 0 aliphatic carbocycles. The number of thiazole rings is 1. The minimum atomic E-state index is 0.607. The molecular weight excluding hydrogens is 450 g/mol. The molecule has 0 aliphatic rings. The number of aliphatic imine (C=N–C) groups is 1. The van der Waals surface area contributed by atoms with Gasteiger partial charge in [0.1, 0.15) is 0 Å². The van der Waals surface area contributed by atoms with Gasteiger partial charge in [-0.05, 0) is 57.0 Å². The first-order chi connectivity index (χ1) is 16.1. The number of rotatable bonds is 9. The van der Waals surface area contributed by atoms with Gasteiger partial charge in [-0.3, -0.25) is 15.8 Å². The quantitative estimate of drug-likeness (QED) is 0.104. The number of benzene rings is 2. The van der Waals surface area contributed by atoms with Crippen LogP contribution in [0, 0.1) is 0 Å². The number of fused-ring (bicyclic) bond motifs is 1.